The highest BCUT2D eigenvalue weighted by Gasteiger charge is 2.05. The summed E-state index contributed by atoms with van der Waals surface area (Å²) in [6, 6.07) is 8.47. The van der Waals surface area contributed by atoms with E-state index < -0.39 is 0 Å². The predicted octanol–water partition coefficient (Wildman–Crippen LogP) is 2.48. The van der Waals surface area contributed by atoms with Crippen LogP contribution in [0.1, 0.15) is 25.5 Å². The Morgan fingerprint density at radius 2 is 1.86 bits per heavy atom. The minimum Gasteiger partial charge on any atom is -0.392 e. The number of benzene rings is 1. The highest BCUT2D eigenvalue weighted by molar-refractivity contribution is 9.10. The van der Waals surface area contributed by atoms with Gasteiger partial charge in [-0.3, -0.25) is 0 Å². The Hall–Kier alpha value is -0.380. The summed E-state index contributed by atoms with van der Waals surface area (Å²) < 4.78 is 1.09. The van der Waals surface area contributed by atoms with Crippen molar-refractivity contribution in [2.75, 3.05) is 6.54 Å². The van der Waals surface area contributed by atoms with Crippen LogP contribution in [0.2, 0.25) is 0 Å². The lowest BCUT2D eigenvalue weighted by atomic mass is 10.1. The molecule has 0 spiro atoms. The first kappa shape index (κ1) is 11.7. The summed E-state index contributed by atoms with van der Waals surface area (Å²) in [5, 5.41) is 12.4. The van der Waals surface area contributed by atoms with Gasteiger partial charge in [0.25, 0.3) is 0 Å². The average molecular weight is 258 g/mol. The monoisotopic (exact) mass is 257 g/mol. The van der Waals surface area contributed by atoms with E-state index in [1.165, 1.54) is 5.56 Å². The Labute approximate surface area is 93.5 Å². The molecule has 78 valence electrons. The maximum atomic E-state index is 9.12. The maximum Gasteiger partial charge on any atom is 0.0636 e. The quantitative estimate of drug-likeness (QED) is 0.869. The van der Waals surface area contributed by atoms with Gasteiger partial charge in [-0.25, -0.2) is 0 Å². The SMILES string of the molecule is CC(O)CN[C@H](C)c1ccc(Br)cc1. The number of hydrogen-bond donors (Lipinski definition) is 2. The molecule has 2 atom stereocenters. The summed E-state index contributed by atoms with van der Waals surface area (Å²) in [5.41, 5.74) is 1.23. The largest absolute Gasteiger partial charge is 0.392 e. The zero-order chi connectivity index (χ0) is 10.6. The van der Waals surface area contributed by atoms with Gasteiger partial charge in [0, 0.05) is 17.1 Å². The Balaban J connectivity index is 2.52. The van der Waals surface area contributed by atoms with Gasteiger partial charge >= 0.3 is 0 Å². The Morgan fingerprint density at radius 3 is 2.36 bits per heavy atom. The van der Waals surface area contributed by atoms with Crippen molar-refractivity contribution in [1.82, 2.24) is 5.32 Å². The molecule has 0 heterocycles. The van der Waals surface area contributed by atoms with E-state index in [4.69, 9.17) is 5.11 Å². The lowest BCUT2D eigenvalue weighted by Gasteiger charge is -2.15. The Kier molecular flexibility index (Phi) is 4.58. The van der Waals surface area contributed by atoms with Crippen LogP contribution in [0.25, 0.3) is 0 Å². The summed E-state index contributed by atoms with van der Waals surface area (Å²) >= 11 is 3.40. The van der Waals surface area contributed by atoms with Gasteiger partial charge in [0.05, 0.1) is 6.10 Å². The second-order valence-corrected chi connectivity index (χ2v) is 4.45. The van der Waals surface area contributed by atoms with E-state index in [1.807, 2.05) is 12.1 Å². The minimum atomic E-state index is -0.298. The number of nitrogens with one attached hydrogen (secondary N) is 1. The molecule has 0 amide bonds. The summed E-state index contributed by atoms with van der Waals surface area (Å²) in [5.74, 6) is 0. The number of aliphatic hydroxyl groups is 1. The first-order chi connectivity index (χ1) is 6.59. The highest BCUT2D eigenvalue weighted by Crippen LogP contribution is 2.16. The average Bonchev–Trinajstić information content (AvgIpc) is 2.15. The molecular weight excluding hydrogens is 242 g/mol. The summed E-state index contributed by atoms with van der Waals surface area (Å²) in [6.07, 6.45) is -0.298. The molecule has 1 rings (SSSR count). The van der Waals surface area contributed by atoms with Gasteiger partial charge in [0.2, 0.25) is 0 Å². The normalized spacial score (nSPS) is 15.1. The van der Waals surface area contributed by atoms with Gasteiger partial charge in [0.15, 0.2) is 0 Å². The second-order valence-electron chi connectivity index (χ2n) is 3.53. The van der Waals surface area contributed by atoms with Crippen molar-refractivity contribution in [3.63, 3.8) is 0 Å². The van der Waals surface area contributed by atoms with E-state index in [-0.39, 0.29) is 12.1 Å². The van der Waals surface area contributed by atoms with Gasteiger partial charge in [-0.05, 0) is 31.5 Å². The van der Waals surface area contributed by atoms with Crippen LogP contribution in [0.3, 0.4) is 0 Å². The standard InChI is InChI=1S/C11H16BrNO/c1-8(14)7-13-9(2)10-3-5-11(12)6-4-10/h3-6,8-9,13-14H,7H2,1-2H3/t8?,9-/m1/s1. The molecule has 1 unspecified atom stereocenters. The zero-order valence-corrected chi connectivity index (χ0v) is 10.1. The molecule has 0 saturated heterocycles. The molecule has 14 heavy (non-hydrogen) atoms. The molecule has 0 aliphatic heterocycles. The van der Waals surface area contributed by atoms with Gasteiger partial charge in [-0.1, -0.05) is 28.1 Å². The number of halogens is 1. The molecule has 0 bridgehead atoms. The zero-order valence-electron chi connectivity index (χ0n) is 8.50. The fourth-order valence-electron chi connectivity index (χ4n) is 1.22. The third kappa shape index (κ3) is 3.78. The molecular formula is C11H16BrNO. The summed E-state index contributed by atoms with van der Waals surface area (Å²) in [4.78, 5) is 0. The minimum absolute atomic E-state index is 0.276. The van der Waals surface area contributed by atoms with E-state index in [0.29, 0.717) is 6.54 Å². The Bertz CT molecular complexity index is 271. The number of aliphatic hydroxyl groups excluding tert-OH is 1. The molecule has 0 saturated carbocycles. The van der Waals surface area contributed by atoms with Crippen molar-refractivity contribution in [2.24, 2.45) is 0 Å². The molecule has 0 aliphatic rings. The van der Waals surface area contributed by atoms with Crippen LogP contribution in [0.15, 0.2) is 28.7 Å². The van der Waals surface area contributed by atoms with Crippen LogP contribution >= 0.6 is 15.9 Å². The van der Waals surface area contributed by atoms with Crippen LogP contribution in [0.5, 0.6) is 0 Å². The van der Waals surface area contributed by atoms with E-state index in [9.17, 15) is 0 Å². The third-order valence-corrected chi connectivity index (χ3v) is 2.62. The molecule has 0 aromatic heterocycles. The number of rotatable bonds is 4. The van der Waals surface area contributed by atoms with Crippen molar-refractivity contribution in [3.05, 3.63) is 34.3 Å². The molecule has 2 N–H and O–H groups in total. The lowest BCUT2D eigenvalue weighted by Crippen LogP contribution is -2.27. The van der Waals surface area contributed by atoms with Crippen LogP contribution in [0, 0.1) is 0 Å². The fourth-order valence-corrected chi connectivity index (χ4v) is 1.48. The molecule has 0 radical (unpaired) electrons. The molecule has 0 fully saturated rings. The van der Waals surface area contributed by atoms with Crippen LogP contribution in [-0.2, 0) is 0 Å². The molecule has 0 aliphatic carbocycles. The predicted molar refractivity (Wildman–Crippen MR) is 62.2 cm³/mol. The van der Waals surface area contributed by atoms with E-state index >= 15 is 0 Å². The molecule has 3 heteroatoms. The van der Waals surface area contributed by atoms with Gasteiger partial charge in [0.1, 0.15) is 0 Å². The van der Waals surface area contributed by atoms with Gasteiger partial charge in [-0.15, -0.1) is 0 Å². The van der Waals surface area contributed by atoms with E-state index in [1.54, 1.807) is 6.92 Å². The van der Waals surface area contributed by atoms with Gasteiger partial charge < -0.3 is 10.4 Å². The highest BCUT2D eigenvalue weighted by atomic mass is 79.9. The third-order valence-electron chi connectivity index (χ3n) is 2.09. The number of hydrogen-bond acceptors (Lipinski definition) is 2. The van der Waals surface area contributed by atoms with Crippen molar-refractivity contribution >= 4 is 15.9 Å². The molecule has 1 aromatic rings. The van der Waals surface area contributed by atoms with Crippen molar-refractivity contribution < 1.29 is 5.11 Å². The summed E-state index contributed by atoms with van der Waals surface area (Å²) in [6.45, 7) is 4.49. The lowest BCUT2D eigenvalue weighted by molar-refractivity contribution is 0.187. The van der Waals surface area contributed by atoms with Crippen molar-refractivity contribution in [2.45, 2.75) is 26.0 Å². The second kappa shape index (κ2) is 5.49. The van der Waals surface area contributed by atoms with E-state index in [2.05, 4.69) is 40.3 Å². The first-order valence-corrected chi connectivity index (χ1v) is 5.56. The van der Waals surface area contributed by atoms with Crippen LogP contribution in [0.4, 0.5) is 0 Å². The van der Waals surface area contributed by atoms with Crippen molar-refractivity contribution in [3.8, 4) is 0 Å². The smallest absolute Gasteiger partial charge is 0.0636 e. The Morgan fingerprint density at radius 1 is 1.29 bits per heavy atom. The maximum absolute atomic E-state index is 9.12. The van der Waals surface area contributed by atoms with Crippen LogP contribution < -0.4 is 5.32 Å². The van der Waals surface area contributed by atoms with E-state index in [0.717, 1.165) is 4.47 Å². The first-order valence-electron chi connectivity index (χ1n) is 4.76. The van der Waals surface area contributed by atoms with Crippen LogP contribution in [-0.4, -0.2) is 17.8 Å². The topological polar surface area (TPSA) is 32.3 Å². The van der Waals surface area contributed by atoms with Gasteiger partial charge in [-0.2, -0.15) is 0 Å². The molecule has 1 aromatic carbocycles. The molecule has 2 nitrogen and oxygen atoms in total. The fraction of sp³-hybridized carbons (Fsp3) is 0.455. The van der Waals surface area contributed by atoms with Crippen molar-refractivity contribution in [1.29, 1.82) is 0 Å². The summed E-state index contributed by atoms with van der Waals surface area (Å²) in [7, 11) is 0.